The van der Waals surface area contributed by atoms with Gasteiger partial charge in [-0.25, -0.2) is 4.79 Å². The number of carboxylic acids is 1. The van der Waals surface area contributed by atoms with E-state index in [9.17, 15) is 24.3 Å². The molecule has 2 heterocycles. The monoisotopic (exact) mass is 559 g/mol. The zero-order valence-electron chi connectivity index (χ0n) is 20.8. The maximum Gasteiger partial charge on any atom is 0.335 e. The summed E-state index contributed by atoms with van der Waals surface area (Å²) in [5, 5.41) is 23.5. The Morgan fingerprint density at radius 3 is 2.48 bits per heavy atom. The summed E-state index contributed by atoms with van der Waals surface area (Å²) in [5.74, 6) is -3.42. The number of nitrogens with zero attached hydrogens (tertiary/aromatic N) is 6. The van der Waals surface area contributed by atoms with Crippen LogP contribution in [-0.2, 0) is 20.8 Å². The first-order valence-electron chi connectivity index (χ1n) is 12.2. The smallest absolute Gasteiger partial charge is 0.335 e. The molecule has 2 N–H and O–H groups in total. The Morgan fingerprint density at radius 1 is 0.950 bits per heavy atom. The summed E-state index contributed by atoms with van der Waals surface area (Å²) < 4.78 is 1.35. The van der Waals surface area contributed by atoms with Crippen LogP contribution in [0.15, 0.2) is 79.1 Å². The Kier molecular flexibility index (Phi) is 7.51. The van der Waals surface area contributed by atoms with Crippen LogP contribution in [0.1, 0.15) is 15.9 Å². The summed E-state index contributed by atoms with van der Waals surface area (Å²) in [7, 11) is 0. The van der Waals surface area contributed by atoms with Gasteiger partial charge in [0, 0.05) is 30.2 Å². The number of aromatic carboxylic acids is 1. The van der Waals surface area contributed by atoms with Crippen LogP contribution in [0, 0.1) is 0 Å². The number of amides is 3. The van der Waals surface area contributed by atoms with Gasteiger partial charge >= 0.3 is 17.8 Å². The molecule has 0 saturated carbocycles. The lowest BCUT2D eigenvalue weighted by Crippen LogP contribution is -2.60. The number of carboxylic acid groups (broad SMARTS) is 1. The van der Waals surface area contributed by atoms with Gasteiger partial charge in [0.15, 0.2) is 0 Å². The van der Waals surface area contributed by atoms with Crippen molar-refractivity contribution in [3.8, 4) is 5.69 Å². The number of hydrogen-bond acceptors (Lipinski definition) is 7. The molecule has 0 bridgehead atoms. The van der Waals surface area contributed by atoms with Crippen molar-refractivity contribution in [2.24, 2.45) is 0 Å². The molecular formula is C27H22ClN7O5. The van der Waals surface area contributed by atoms with Crippen molar-refractivity contribution >= 4 is 46.7 Å². The molecule has 1 saturated heterocycles. The molecule has 1 atom stereocenters. The molecule has 0 aliphatic carbocycles. The molecular weight excluding hydrogens is 538 g/mol. The number of nitrogens with one attached hydrogen (secondary N) is 1. The first-order chi connectivity index (χ1) is 19.3. The van der Waals surface area contributed by atoms with Crippen molar-refractivity contribution in [3.63, 3.8) is 0 Å². The van der Waals surface area contributed by atoms with Gasteiger partial charge in [-0.15, -0.1) is 5.10 Å². The SMILES string of the molecule is O=C(O)c1cccc(NC(=O)C(Cc2ccccc2)N2CCN(c3cc(Cl)ccc3-n3cnnn3)C(=O)C2=O)c1. The minimum absolute atomic E-state index is 0.00261. The molecule has 0 spiro atoms. The van der Waals surface area contributed by atoms with E-state index in [4.69, 9.17) is 11.6 Å². The van der Waals surface area contributed by atoms with Gasteiger partial charge < -0.3 is 20.2 Å². The quantitative estimate of drug-likeness (QED) is 0.312. The molecule has 1 aliphatic rings. The normalized spacial score (nSPS) is 14.2. The van der Waals surface area contributed by atoms with E-state index in [0.29, 0.717) is 16.4 Å². The van der Waals surface area contributed by atoms with E-state index in [0.717, 1.165) is 5.56 Å². The summed E-state index contributed by atoms with van der Waals surface area (Å²) in [6, 6.07) is 18.6. The van der Waals surface area contributed by atoms with Crippen molar-refractivity contribution in [2.45, 2.75) is 12.5 Å². The number of tetrazole rings is 1. The zero-order chi connectivity index (χ0) is 28.2. The zero-order valence-corrected chi connectivity index (χ0v) is 21.6. The van der Waals surface area contributed by atoms with Crippen LogP contribution in [-0.4, -0.2) is 73.0 Å². The summed E-state index contributed by atoms with van der Waals surface area (Å²) in [6.07, 6.45) is 1.49. The van der Waals surface area contributed by atoms with Gasteiger partial charge in [-0.3, -0.25) is 14.4 Å². The lowest BCUT2D eigenvalue weighted by Gasteiger charge is -2.38. The number of piperazine rings is 1. The molecule has 202 valence electrons. The van der Waals surface area contributed by atoms with Crippen LogP contribution in [0.25, 0.3) is 5.69 Å². The highest BCUT2D eigenvalue weighted by molar-refractivity contribution is 6.41. The van der Waals surface area contributed by atoms with Crippen molar-refractivity contribution in [1.82, 2.24) is 25.1 Å². The lowest BCUT2D eigenvalue weighted by atomic mass is 10.0. The van der Waals surface area contributed by atoms with Crippen LogP contribution >= 0.6 is 11.6 Å². The Labute approximate surface area is 232 Å². The second-order valence-electron chi connectivity index (χ2n) is 8.92. The highest BCUT2D eigenvalue weighted by Crippen LogP contribution is 2.30. The van der Waals surface area contributed by atoms with Crippen molar-refractivity contribution in [1.29, 1.82) is 0 Å². The molecule has 1 unspecified atom stereocenters. The summed E-state index contributed by atoms with van der Waals surface area (Å²) in [4.78, 5) is 54.4. The van der Waals surface area contributed by atoms with Crippen LogP contribution < -0.4 is 10.2 Å². The predicted octanol–water partition coefficient (Wildman–Crippen LogP) is 2.44. The number of hydrogen-bond donors (Lipinski definition) is 2. The predicted molar refractivity (Wildman–Crippen MR) is 144 cm³/mol. The van der Waals surface area contributed by atoms with Crippen LogP contribution in [0.3, 0.4) is 0 Å². The maximum atomic E-state index is 13.5. The molecule has 1 aliphatic heterocycles. The van der Waals surface area contributed by atoms with E-state index in [1.54, 1.807) is 24.3 Å². The fourth-order valence-electron chi connectivity index (χ4n) is 4.49. The Hall–Kier alpha value is -5.10. The van der Waals surface area contributed by atoms with Crippen molar-refractivity contribution in [3.05, 3.63) is 95.3 Å². The molecule has 12 nitrogen and oxygen atoms in total. The first kappa shape index (κ1) is 26.5. The topological polar surface area (TPSA) is 151 Å². The Balaban J connectivity index is 1.43. The number of aromatic nitrogens is 4. The van der Waals surface area contributed by atoms with Crippen molar-refractivity contribution in [2.75, 3.05) is 23.3 Å². The van der Waals surface area contributed by atoms with Crippen molar-refractivity contribution < 1.29 is 24.3 Å². The van der Waals surface area contributed by atoms with Crippen LogP contribution in [0.4, 0.5) is 11.4 Å². The van der Waals surface area contributed by atoms with Gasteiger partial charge in [0.2, 0.25) is 5.91 Å². The fraction of sp³-hybridized carbons (Fsp3) is 0.148. The van der Waals surface area contributed by atoms with Gasteiger partial charge in [0.05, 0.1) is 16.9 Å². The number of anilines is 2. The minimum Gasteiger partial charge on any atom is -0.478 e. The third-order valence-electron chi connectivity index (χ3n) is 6.41. The van der Waals surface area contributed by atoms with Gasteiger partial charge in [0.1, 0.15) is 12.4 Å². The summed E-state index contributed by atoms with van der Waals surface area (Å²) >= 11 is 6.22. The molecule has 4 aromatic rings. The third-order valence-corrected chi connectivity index (χ3v) is 6.64. The van der Waals surface area contributed by atoms with E-state index >= 15 is 0 Å². The second-order valence-corrected chi connectivity index (χ2v) is 9.36. The summed E-state index contributed by atoms with van der Waals surface area (Å²) in [6.45, 7) is 0.124. The highest BCUT2D eigenvalue weighted by atomic mass is 35.5. The second kappa shape index (κ2) is 11.3. The van der Waals surface area contributed by atoms with E-state index in [1.807, 2.05) is 30.3 Å². The average molecular weight is 560 g/mol. The Morgan fingerprint density at radius 2 is 1.75 bits per heavy atom. The average Bonchev–Trinajstić information content (AvgIpc) is 3.49. The standard InChI is InChI=1S/C27H22ClN7O5/c28-19-9-10-21(35-16-29-31-32-35)22(15-19)33-11-12-34(26(38)25(33)37)23(13-17-5-2-1-3-6-17)24(36)30-20-8-4-7-18(14-20)27(39)40/h1-10,14-16,23H,11-13H2,(H,30,36)(H,39,40). The fourth-order valence-corrected chi connectivity index (χ4v) is 4.66. The summed E-state index contributed by atoms with van der Waals surface area (Å²) in [5.41, 5.74) is 1.82. The number of carbonyl (C=O) groups is 4. The lowest BCUT2D eigenvalue weighted by molar-refractivity contribution is -0.149. The van der Waals surface area contributed by atoms with Crippen LogP contribution in [0.5, 0.6) is 0 Å². The molecule has 1 fully saturated rings. The van der Waals surface area contributed by atoms with Gasteiger partial charge in [0.25, 0.3) is 0 Å². The van der Waals surface area contributed by atoms with Gasteiger partial charge in [-0.05, 0) is 52.4 Å². The molecule has 3 amide bonds. The molecule has 1 aromatic heterocycles. The molecule has 13 heteroatoms. The van der Waals surface area contributed by atoms with E-state index in [-0.39, 0.29) is 30.8 Å². The highest BCUT2D eigenvalue weighted by Gasteiger charge is 2.40. The maximum absolute atomic E-state index is 13.5. The Bertz CT molecular complexity index is 1580. The molecule has 40 heavy (non-hydrogen) atoms. The molecule has 0 radical (unpaired) electrons. The largest absolute Gasteiger partial charge is 0.478 e. The van der Waals surface area contributed by atoms with E-state index in [1.165, 1.54) is 39.0 Å². The number of halogens is 1. The van der Waals surface area contributed by atoms with E-state index < -0.39 is 29.7 Å². The number of rotatable bonds is 8. The third kappa shape index (κ3) is 5.52. The number of carbonyl (C=O) groups excluding carboxylic acids is 3. The van der Waals surface area contributed by atoms with E-state index in [2.05, 4.69) is 20.8 Å². The number of benzene rings is 3. The van der Waals surface area contributed by atoms with Crippen LogP contribution in [0.2, 0.25) is 5.02 Å². The molecule has 3 aromatic carbocycles. The first-order valence-corrected chi connectivity index (χ1v) is 12.5. The molecule has 5 rings (SSSR count). The van der Waals surface area contributed by atoms with Gasteiger partial charge in [-0.2, -0.15) is 4.68 Å². The van der Waals surface area contributed by atoms with Gasteiger partial charge in [-0.1, -0.05) is 48.0 Å². The minimum atomic E-state index is -1.14.